The maximum Gasteiger partial charge on any atom is 0.0786 e. The zero-order chi connectivity index (χ0) is 55.4. The summed E-state index contributed by atoms with van der Waals surface area (Å²) in [5.41, 5.74) is 4.25. The van der Waals surface area contributed by atoms with Crippen LogP contribution in [0.1, 0.15) is 214 Å². The highest BCUT2D eigenvalue weighted by Crippen LogP contribution is 2.20. The summed E-state index contributed by atoms with van der Waals surface area (Å²) in [6, 6.07) is 25.0. The second-order valence-corrected chi connectivity index (χ2v) is 23.4. The van der Waals surface area contributed by atoms with Crippen LogP contribution in [0.15, 0.2) is 72.8 Å². The Bertz CT molecular complexity index is 1550. The predicted molar refractivity (Wildman–Crippen MR) is 320 cm³/mol. The molecule has 0 aromatic heterocycles. The van der Waals surface area contributed by atoms with E-state index in [1.54, 1.807) is 0 Å². The van der Waals surface area contributed by atoms with Crippen LogP contribution in [0.5, 0.6) is 0 Å². The molecule has 0 amide bonds. The van der Waals surface area contributed by atoms with Crippen LogP contribution < -0.4 is 14.7 Å². The number of quaternary nitrogens is 3. The maximum atomic E-state index is 8.55. The predicted octanol–water partition coefficient (Wildman–Crippen LogP) is 16.6. The van der Waals surface area contributed by atoms with Crippen LogP contribution in [0.2, 0.25) is 15.1 Å². The van der Waals surface area contributed by atoms with Gasteiger partial charge in [-0.3, -0.25) is 0 Å². The molecule has 0 aliphatic carbocycles. The highest BCUT2D eigenvalue weighted by molar-refractivity contribution is 7.40. The molecule has 3 rings (SSSR count). The smallest absolute Gasteiger partial charge is 0.0786 e. The number of halogens is 3. The Morgan fingerprint density at radius 2 is 0.486 bits per heavy atom. The van der Waals surface area contributed by atoms with E-state index < -0.39 is 7.82 Å². The Labute approximate surface area is 472 Å². The molecule has 0 aliphatic heterocycles. The lowest BCUT2D eigenvalue weighted by Crippen LogP contribution is -2.49. The van der Waals surface area contributed by atoms with Crippen LogP contribution in [0, 0.1) is 0 Å². The van der Waals surface area contributed by atoms with Gasteiger partial charge in [-0.05, 0) is 191 Å². The topological polar surface area (TPSA) is 86.2 Å². The molecule has 0 saturated carbocycles. The molecule has 0 atom stereocenters. The molecule has 428 valence electrons. The van der Waals surface area contributed by atoms with Crippen molar-refractivity contribution in [2.75, 3.05) is 78.5 Å². The van der Waals surface area contributed by atoms with E-state index in [0.29, 0.717) is 0 Å². The molecule has 0 N–H and O–H groups in total. The van der Waals surface area contributed by atoms with E-state index in [9.17, 15) is 0 Å². The molecule has 0 saturated heterocycles. The average Bonchev–Trinajstić information content (AvgIpc) is 3.39. The Morgan fingerprint density at radius 1 is 0.311 bits per heavy atom. The first kappa shape index (κ1) is 72.5. The van der Waals surface area contributed by atoms with Crippen molar-refractivity contribution in [3.63, 3.8) is 0 Å². The third-order valence-electron chi connectivity index (χ3n) is 16.0. The molecule has 74 heavy (non-hydrogen) atoms. The number of aryl methyl sites for hydroxylation is 3. The van der Waals surface area contributed by atoms with E-state index in [4.69, 9.17) is 54.0 Å². The monoisotopic (exact) mass is 1110 g/mol. The Kier molecular flexibility index (Phi) is 44.5. The van der Waals surface area contributed by atoms with E-state index in [-0.39, 0.29) is 0 Å². The van der Waals surface area contributed by atoms with Crippen molar-refractivity contribution in [1.29, 1.82) is 0 Å². The van der Waals surface area contributed by atoms with Crippen LogP contribution in [-0.4, -0.2) is 92.0 Å². The summed E-state index contributed by atoms with van der Waals surface area (Å²) >= 11 is 17.8. The highest BCUT2D eigenvalue weighted by atomic mass is 35.5. The summed E-state index contributed by atoms with van der Waals surface area (Å²) in [4.78, 5) is 25.6. The van der Waals surface area contributed by atoms with Gasteiger partial charge in [0.25, 0.3) is 0 Å². The summed E-state index contributed by atoms with van der Waals surface area (Å²) in [5.74, 6) is 0. The zero-order valence-corrected chi connectivity index (χ0v) is 52.1. The van der Waals surface area contributed by atoms with Crippen LogP contribution in [0.3, 0.4) is 0 Å². The van der Waals surface area contributed by atoms with Crippen molar-refractivity contribution in [2.45, 2.75) is 216 Å². The van der Waals surface area contributed by atoms with Crippen molar-refractivity contribution in [2.24, 2.45) is 0 Å². The standard InChI is InChI=1S/3C21H37ClN.H3O4P/c3*1-4-7-8-9-11-18-23(5-2,6-3)19-12-10-13-20-14-16-21(22)17-15-20;1-5(2,3)4/h3*14-17H,4-13,18-19H2,1-3H3;(H3,1,2,3,4)/q3*+1;/p-3. The molecule has 3 aromatic carbocycles. The largest absolute Gasteiger partial charge is 0.822 e. The van der Waals surface area contributed by atoms with Gasteiger partial charge in [-0.1, -0.05) is 150 Å². The van der Waals surface area contributed by atoms with E-state index in [0.717, 1.165) is 15.1 Å². The van der Waals surface area contributed by atoms with Crippen LogP contribution in [0.4, 0.5) is 0 Å². The van der Waals surface area contributed by atoms with Crippen molar-refractivity contribution < 1.29 is 32.7 Å². The van der Waals surface area contributed by atoms with Crippen LogP contribution >= 0.6 is 42.6 Å². The molecular weight excluding hydrogens is 1000 g/mol. The normalized spacial score (nSPS) is 11.8. The van der Waals surface area contributed by atoms with Gasteiger partial charge in [0, 0.05) is 15.1 Å². The van der Waals surface area contributed by atoms with Crippen molar-refractivity contribution in [3.05, 3.63) is 105 Å². The molecule has 0 radical (unpaired) electrons. The third kappa shape index (κ3) is 38.1. The molecule has 0 aliphatic rings. The summed E-state index contributed by atoms with van der Waals surface area (Å²) in [7, 11) is -5.39. The molecule has 0 bridgehead atoms. The minimum absolute atomic E-state index is 0.837. The van der Waals surface area contributed by atoms with Gasteiger partial charge in [0.15, 0.2) is 0 Å². The second-order valence-electron chi connectivity index (χ2n) is 21.2. The second kappa shape index (κ2) is 45.4. The van der Waals surface area contributed by atoms with E-state index in [2.05, 4.69) is 98.7 Å². The number of phosphoric acid groups is 1. The first-order valence-corrected chi connectivity index (χ1v) is 32.6. The molecule has 0 unspecified atom stereocenters. The number of unbranched alkanes of at least 4 members (excludes halogenated alkanes) is 15. The molecule has 11 heteroatoms. The van der Waals surface area contributed by atoms with Gasteiger partial charge in [-0.25, -0.2) is 0 Å². The number of rotatable bonds is 39. The number of nitrogens with zero attached hydrogens (tertiary/aromatic N) is 3. The molecule has 0 heterocycles. The fourth-order valence-corrected chi connectivity index (χ4v) is 10.7. The molecule has 0 spiro atoms. The number of benzene rings is 3. The van der Waals surface area contributed by atoms with Gasteiger partial charge in [0.2, 0.25) is 0 Å². The van der Waals surface area contributed by atoms with E-state index >= 15 is 0 Å². The van der Waals surface area contributed by atoms with Gasteiger partial charge < -0.3 is 32.7 Å². The minimum atomic E-state index is -5.39. The van der Waals surface area contributed by atoms with Crippen LogP contribution in [0.25, 0.3) is 0 Å². The summed E-state index contributed by atoms with van der Waals surface area (Å²) in [6.45, 7) is 36.9. The number of hydrogen-bond donors (Lipinski definition) is 0. The van der Waals surface area contributed by atoms with Gasteiger partial charge in [0.05, 0.1) is 78.5 Å². The Hall–Kier alpha value is -1.48. The van der Waals surface area contributed by atoms with Gasteiger partial charge in [0.1, 0.15) is 0 Å². The Balaban J connectivity index is 0.00000103. The van der Waals surface area contributed by atoms with E-state index in [1.165, 1.54) is 263 Å². The van der Waals surface area contributed by atoms with Crippen molar-refractivity contribution in [1.82, 2.24) is 0 Å². The highest BCUT2D eigenvalue weighted by Gasteiger charge is 2.24. The average molecular weight is 1110 g/mol. The lowest BCUT2D eigenvalue weighted by molar-refractivity contribution is -0.925. The quantitative estimate of drug-likeness (QED) is 0.0324. The van der Waals surface area contributed by atoms with Gasteiger partial charge in [-0.15, -0.1) is 0 Å². The fraction of sp³-hybridized carbons (Fsp3) is 0.714. The van der Waals surface area contributed by atoms with Gasteiger partial charge in [-0.2, -0.15) is 7.82 Å². The van der Waals surface area contributed by atoms with Gasteiger partial charge >= 0.3 is 0 Å². The lowest BCUT2D eigenvalue weighted by atomic mass is 10.1. The fourth-order valence-electron chi connectivity index (χ4n) is 10.3. The maximum absolute atomic E-state index is 8.55. The lowest BCUT2D eigenvalue weighted by Gasteiger charge is -2.37. The third-order valence-corrected chi connectivity index (χ3v) is 16.8. The zero-order valence-electron chi connectivity index (χ0n) is 48.9. The Morgan fingerprint density at radius 3 is 0.662 bits per heavy atom. The first-order chi connectivity index (χ1) is 35.5. The summed E-state index contributed by atoms with van der Waals surface area (Å²) in [6.07, 6.45) is 32.3. The summed E-state index contributed by atoms with van der Waals surface area (Å²) in [5, 5.41) is 2.51. The molecule has 3 aromatic rings. The summed E-state index contributed by atoms with van der Waals surface area (Å²) < 4.78 is 12.5. The first-order valence-electron chi connectivity index (χ1n) is 30.0. The molecular formula is C63H111Cl3N3O4P. The van der Waals surface area contributed by atoms with Crippen molar-refractivity contribution in [3.8, 4) is 0 Å². The van der Waals surface area contributed by atoms with Crippen LogP contribution in [-0.2, 0) is 23.8 Å². The molecule has 0 fully saturated rings. The number of hydrogen-bond acceptors (Lipinski definition) is 4. The van der Waals surface area contributed by atoms with E-state index in [1.807, 2.05) is 36.4 Å². The SMILES string of the molecule is CCCCCCC[N+](CC)(CC)CCCCc1ccc(Cl)cc1.CCCCCCC[N+](CC)(CC)CCCCc1ccc(Cl)cc1.CCCCCCC[N+](CC)(CC)CCCCc1ccc(Cl)cc1.O=P([O-])([O-])[O-]. The van der Waals surface area contributed by atoms with Crippen molar-refractivity contribution >= 4 is 42.6 Å². The molecule has 7 nitrogen and oxygen atoms in total. The minimum Gasteiger partial charge on any atom is -0.822 e.